The van der Waals surface area contributed by atoms with Gasteiger partial charge in [0.2, 0.25) is 0 Å². The van der Waals surface area contributed by atoms with Crippen LogP contribution in [0.25, 0.3) is 0 Å². The van der Waals surface area contributed by atoms with Gasteiger partial charge in [-0.25, -0.2) is 9.97 Å². The van der Waals surface area contributed by atoms with Gasteiger partial charge in [0.25, 0.3) is 5.91 Å². The number of anilines is 1. The van der Waals surface area contributed by atoms with Gasteiger partial charge in [-0.3, -0.25) is 4.79 Å². The van der Waals surface area contributed by atoms with E-state index in [2.05, 4.69) is 39.2 Å². The molecular formula is C19H26N4O. The quantitative estimate of drug-likeness (QED) is 0.915. The topological polar surface area (TPSA) is 58.1 Å². The number of hydrogen-bond donors (Lipinski definition) is 1. The number of amides is 1. The van der Waals surface area contributed by atoms with Crippen molar-refractivity contribution in [2.24, 2.45) is 0 Å². The number of nitrogens with zero attached hydrogens (tertiary/aromatic N) is 3. The molecule has 5 nitrogen and oxygen atoms in total. The van der Waals surface area contributed by atoms with Gasteiger partial charge in [0.05, 0.1) is 0 Å². The smallest absolute Gasteiger partial charge is 0.270 e. The maximum absolute atomic E-state index is 12.4. The van der Waals surface area contributed by atoms with E-state index in [0.717, 1.165) is 18.9 Å². The van der Waals surface area contributed by atoms with Crippen molar-refractivity contribution in [2.45, 2.75) is 46.7 Å². The molecule has 1 amide bonds. The second-order valence-corrected chi connectivity index (χ2v) is 6.86. The van der Waals surface area contributed by atoms with Gasteiger partial charge in [-0.1, -0.05) is 30.3 Å². The molecular weight excluding hydrogens is 300 g/mol. The van der Waals surface area contributed by atoms with Crippen LogP contribution in [0.3, 0.4) is 0 Å². The number of aryl methyl sites for hydroxylation is 1. The molecule has 5 heteroatoms. The molecule has 1 aromatic heterocycles. The van der Waals surface area contributed by atoms with Crippen molar-refractivity contribution in [3.8, 4) is 0 Å². The van der Waals surface area contributed by atoms with E-state index in [4.69, 9.17) is 0 Å². The molecule has 0 saturated heterocycles. The highest BCUT2D eigenvalue weighted by Crippen LogP contribution is 2.16. The van der Waals surface area contributed by atoms with E-state index in [-0.39, 0.29) is 11.4 Å². The van der Waals surface area contributed by atoms with Crippen LogP contribution in [0.4, 0.5) is 5.82 Å². The van der Waals surface area contributed by atoms with Crippen molar-refractivity contribution in [1.82, 2.24) is 15.3 Å². The van der Waals surface area contributed by atoms with Crippen LogP contribution in [0.15, 0.2) is 36.4 Å². The van der Waals surface area contributed by atoms with Crippen molar-refractivity contribution in [3.63, 3.8) is 0 Å². The number of carbonyl (C=O) groups excluding carboxylic acids is 1. The third-order valence-electron chi connectivity index (χ3n) is 3.47. The van der Waals surface area contributed by atoms with Crippen LogP contribution >= 0.6 is 0 Å². The predicted molar refractivity (Wildman–Crippen MR) is 97.2 cm³/mol. The minimum absolute atomic E-state index is 0.176. The monoisotopic (exact) mass is 326 g/mol. The largest absolute Gasteiger partial charge is 0.352 e. The highest BCUT2D eigenvalue weighted by Gasteiger charge is 2.18. The molecule has 0 spiro atoms. The van der Waals surface area contributed by atoms with Crippen molar-refractivity contribution in [3.05, 3.63) is 53.5 Å². The van der Waals surface area contributed by atoms with Gasteiger partial charge in [-0.05, 0) is 40.2 Å². The Morgan fingerprint density at radius 1 is 1.17 bits per heavy atom. The van der Waals surface area contributed by atoms with Crippen LogP contribution in [0.5, 0.6) is 0 Å². The zero-order valence-electron chi connectivity index (χ0n) is 15.1. The van der Waals surface area contributed by atoms with Crippen molar-refractivity contribution in [1.29, 1.82) is 0 Å². The minimum atomic E-state index is -0.301. The van der Waals surface area contributed by atoms with Gasteiger partial charge in [-0.2, -0.15) is 0 Å². The van der Waals surface area contributed by atoms with Gasteiger partial charge >= 0.3 is 0 Å². The second kappa shape index (κ2) is 7.43. The summed E-state index contributed by atoms with van der Waals surface area (Å²) in [5.41, 5.74) is 1.31. The molecule has 0 aliphatic rings. The summed E-state index contributed by atoms with van der Waals surface area (Å²) >= 11 is 0. The van der Waals surface area contributed by atoms with Crippen molar-refractivity contribution < 1.29 is 4.79 Å². The molecule has 1 aromatic carbocycles. The minimum Gasteiger partial charge on any atom is -0.352 e. The average molecular weight is 326 g/mol. The first-order valence-electron chi connectivity index (χ1n) is 8.25. The van der Waals surface area contributed by atoms with E-state index in [1.165, 1.54) is 5.56 Å². The summed E-state index contributed by atoms with van der Waals surface area (Å²) < 4.78 is 0. The highest BCUT2D eigenvalue weighted by molar-refractivity contribution is 5.93. The lowest BCUT2D eigenvalue weighted by Gasteiger charge is -2.24. The molecule has 0 atom stereocenters. The van der Waals surface area contributed by atoms with E-state index < -0.39 is 0 Å². The van der Waals surface area contributed by atoms with Crippen molar-refractivity contribution >= 4 is 11.7 Å². The third kappa shape index (κ3) is 5.05. The van der Waals surface area contributed by atoms with Gasteiger partial charge < -0.3 is 10.2 Å². The summed E-state index contributed by atoms with van der Waals surface area (Å²) in [6, 6.07) is 12.0. The average Bonchev–Trinajstić information content (AvgIpc) is 2.51. The van der Waals surface area contributed by atoms with Gasteiger partial charge in [-0.15, -0.1) is 0 Å². The summed E-state index contributed by atoms with van der Waals surface area (Å²) in [6.45, 7) is 11.3. The van der Waals surface area contributed by atoms with E-state index in [9.17, 15) is 4.79 Å². The number of benzene rings is 1. The Morgan fingerprint density at radius 2 is 1.83 bits per heavy atom. The Morgan fingerprint density at radius 3 is 2.42 bits per heavy atom. The van der Waals surface area contributed by atoms with E-state index in [1.54, 1.807) is 6.07 Å². The molecule has 0 bridgehead atoms. The Kier molecular flexibility index (Phi) is 5.54. The molecule has 128 valence electrons. The SMILES string of the molecule is CCN(Cc1ccccc1)c1cc(C(=O)NC(C)(C)C)nc(C)n1. The molecule has 0 saturated carbocycles. The standard InChI is InChI=1S/C19H26N4O/c1-6-23(13-15-10-8-7-9-11-15)17-12-16(20-14(2)21-17)18(24)22-19(3,4)5/h7-12H,6,13H2,1-5H3,(H,22,24). The molecule has 0 fully saturated rings. The zero-order valence-corrected chi connectivity index (χ0v) is 15.1. The summed E-state index contributed by atoms with van der Waals surface area (Å²) in [7, 11) is 0. The van der Waals surface area contributed by atoms with Crippen LogP contribution in [0.2, 0.25) is 0 Å². The predicted octanol–water partition coefficient (Wildman–Crippen LogP) is 3.34. The van der Waals surface area contributed by atoms with Gasteiger partial charge in [0.15, 0.2) is 0 Å². The molecule has 2 rings (SSSR count). The maximum Gasteiger partial charge on any atom is 0.270 e. The molecule has 0 aliphatic heterocycles. The number of hydrogen-bond acceptors (Lipinski definition) is 4. The molecule has 1 heterocycles. The molecule has 0 radical (unpaired) electrons. The van der Waals surface area contributed by atoms with Crippen molar-refractivity contribution in [2.75, 3.05) is 11.4 Å². The zero-order chi connectivity index (χ0) is 17.7. The van der Waals surface area contributed by atoms with E-state index in [1.807, 2.05) is 45.9 Å². The third-order valence-corrected chi connectivity index (χ3v) is 3.47. The second-order valence-electron chi connectivity index (χ2n) is 6.86. The van der Waals surface area contributed by atoms with E-state index >= 15 is 0 Å². The molecule has 1 N–H and O–H groups in total. The van der Waals surface area contributed by atoms with Crippen LogP contribution in [-0.2, 0) is 6.54 Å². The fourth-order valence-corrected chi connectivity index (χ4v) is 2.39. The van der Waals surface area contributed by atoms with Crippen LogP contribution in [0.1, 0.15) is 49.6 Å². The van der Waals surface area contributed by atoms with Crippen LogP contribution < -0.4 is 10.2 Å². The molecule has 24 heavy (non-hydrogen) atoms. The van der Waals surface area contributed by atoms with Crippen LogP contribution in [0, 0.1) is 6.92 Å². The fourth-order valence-electron chi connectivity index (χ4n) is 2.39. The van der Waals surface area contributed by atoms with Crippen LogP contribution in [-0.4, -0.2) is 28.0 Å². The molecule has 0 aliphatic carbocycles. The Balaban J connectivity index is 2.27. The maximum atomic E-state index is 12.4. The molecule has 0 unspecified atom stereocenters. The van der Waals surface area contributed by atoms with E-state index in [0.29, 0.717) is 11.5 Å². The molecule has 2 aromatic rings. The fraction of sp³-hybridized carbons (Fsp3) is 0.421. The first-order valence-corrected chi connectivity index (χ1v) is 8.25. The summed E-state index contributed by atoms with van der Waals surface area (Å²) in [6.07, 6.45) is 0. The Labute approximate surface area is 144 Å². The Hall–Kier alpha value is -2.43. The number of carbonyl (C=O) groups is 1. The summed E-state index contributed by atoms with van der Waals surface area (Å²) in [5, 5.41) is 2.95. The number of rotatable bonds is 5. The van der Waals surface area contributed by atoms with Gasteiger partial charge in [0.1, 0.15) is 17.3 Å². The first-order chi connectivity index (χ1) is 11.3. The Bertz CT molecular complexity index is 692. The first kappa shape index (κ1) is 17.9. The lowest BCUT2D eigenvalue weighted by molar-refractivity contribution is 0.0914. The number of nitrogens with one attached hydrogen (secondary N) is 1. The lowest BCUT2D eigenvalue weighted by atomic mass is 10.1. The summed E-state index contributed by atoms with van der Waals surface area (Å²) in [4.78, 5) is 23.4. The lowest BCUT2D eigenvalue weighted by Crippen LogP contribution is -2.41. The van der Waals surface area contributed by atoms with Gasteiger partial charge in [0, 0.05) is 24.7 Å². The summed E-state index contributed by atoms with van der Waals surface area (Å²) in [5.74, 6) is 1.19. The number of aromatic nitrogens is 2. The highest BCUT2D eigenvalue weighted by atomic mass is 16.2. The normalized spacial score (nSPS) is 11.2.